The minimum atomic E-state index is 0.598. The van der Waals surface area contributed by atoms with Gasteiger partial charge in [0, 0.05) is 17.0 Å². The Hall–Kier alpha value is -1.48. The van der Waals surface area contributed by atoms with Crippen molar-refractivity contribution in [3.63, 3.8) is 0 Å². The van der Waals surface area contributed by atoms with Gasteiger partial charge in [0.2, 0.25) is 0 Å². The van der Waals surface area contributed by atoms with E-state index in [9.17, 15) is 0 Å². The van der Waals surface area contributed by atoms with Crippen molar-refractivity contribution in [2.45, 2.75) is 0 Å². The van der Waals surface area contributed by atoms with Crippen LogP contribution in [0.3, 0.4) is 0 Å². The molecule has 0 aliphatic heterocycles. The maximum absolute atomic E-state index is 5.60. The van der Waals surface area contributed by atoms with Gasteiger partial charge in [0.15, 0.2) is 5.69 Å². The number of nitrogens with zero attached hydrogens (tertiary/aromatic N) is 1. The van der Waals surface area contributed by atoms with E-state index in [2.05, 4.69) is 4.98 Å². The van der Waals surface area contributed by atoms with Crippen LogP contribution in [0, 0.1) is 0 Å². The third kappa shape index (κ3) is 1.81. The summed E-state index contributed by atoms with van der Waals surface area (Å²) in [6.45, 7) is 0. The molecule has 1 aromatic heterocycles. The van der Waals surface area contributed by atoms with Crippen LogP contribution >= 0.6 is 11.3 Å². The molecule has 1 heterocycles. The number of rotatable bonds is 1. The summed E-state index contributed by atoms with van der Waals surface area (Å²) in [6, 6.07) is 12.0. The van der Waals surface area contributed by atoms with Gasteiger partial charge in [0.1, 0.15) is 0 Å². The molecule has 0 atom stereocenters. The van der Waals surface area contributed by atoms with Crippen LogP contribution in [0.2, 0.25) is 0 Å². The van der Waals surface area contributed by atoms with Gasteiger partial charge in [-0.2, -0.15) is 0 Å². The first-order valence-electron chi connectivity index (χ1n) is 3.96. The number of aromatic nitrogens is 1. The van der Waals surface area contributed by atoms with E-state index in [1.165, 1.54) is 11.3 Å². The smallest absolute Gasteiger partial charge is 0.274 e. The molecule has 2 N–H and O–H groups in total. The lowest BCUT2D eigenvalue weighted by Gasteiger charge is -1.91. The third-order valence-corrected chi connectivity index (χ3v) is 2.32. The van der Waals surface area contributed by atoms with E-state index in [-0.39, 0.29) is 0 Å². The summed E-state index contributed by atoms with van der Waals surface area (Å²) in [5.74, 6) is 0. The van der Waals surface area contributed by atoms with Crippen molar-refractivity contribution in [1.82, 2.24) is 4.98 Å². The number of hydrogen-bond acceptors (Lipinski definition) is 2. The van der Waals surface area contributed by atoms with E-state index in [1.807, 2.05) is 41.8 Å². The Morgan fingerprint density at radius 1 is 1.08 bits per heavy atom. The monoisotopic (exact) mass is 189 g/mol. The molecule has 0 radical (unpaired) electrons. The number of nitrogens with two attached hydrogens (primary N) is 1. The molecule has 2 rings (SSSR count). The molecule has 2 aromatic rings. The first-order valence-corrected chi connectivity index (χ1v) is 4.84. The van der Waals surface area contributed by atoms with Crippen LogP contribution < -0.4 is 10.2 Å². The number of hydrogen-bond donors (Lipinski definition) is 1. The molecule has 0 saturated heterocycles. The van der Waals surface area contributed by atoms with E-state index >= 15 is 0 Å². The average molecular weight is 189 g/mol. The van der Waals surface area contributed by atoms with Crippen molar-refractivity contribution < 1.29 is 5.41 Å². The van der Waals surface area contributed by atoms with Crippen LogP contribution in [0.25, 0.3) is 11.3 Å². The molecule has 3 heteroatoms. The van der Waals surface area contributed by atoms with Crippen LogP contribution in [0.1, 0.15) is 0 Å². The Morgan fingerprint density at radius 3 is 2.54 bits per heavy atom. The predicted molar refractivity (Wildman–Crippen MR) is 52.6 cm³/mol. The molecular weight excluding hydrogens is 180 g/mol. The molecule has 0 saturated carbocycles. The second-order valence-electron chi connectivity index (χ2n) is 2.62. The second-order valence-corrected chi connectivity index (χ2v) is 3.55. The zero-order chi connectivity index (χ0) is 9.10. The summed E-state index contributed by atoms with van der Waals surface area (Å²) < 4.78 is 0. The van der Waals surface area contributed by atoms with Gasteiger partial charge in [0.05, 0.1) is 0 Å². The fourth-order valence-corrected chi connectivity index (χ4v) is 1.61. The van der Waals surface area contributed by atoms with Crippen molar-refractivity contribution in [2.75, 3.05) is 0 Å². The summed E-state index contributed by atoms with van der Waals surface area (Å²) in [4.78, 5) is 4.84. The lowest BCUT2D eigenvalue weighted by atomic mass is 10.2. The van der Waals surface area contributed by atoms with E-state index in [0.29, 0.717) is 4.80 Å². The van der Waals surface area contributed by atoms with Gasteiger partial charge < -0.3 is 0 Å². The van der Waals surface area contributed by atoms with Gasteiger partial charge in [0.25, 0.3) is 0 Å². The third-order valence-electron chi connectivity index (χ3n) is 1.71. The van der Waals surface area contributed by atoms with Crippen LogP contribution in [-0.2, 0) is 0 Å². The Labute approximate surface area is 80.0 Å². The lowest BCUT2D eigenvalue weighted by Crippen LogP contribution is -2.45. The van der Waals surface area contributed by atoms with Crippen LogP contribution in [0.15, 0.2) is 41.8 Å². The van der Waals surface area contributed by atoms with Crippen LogP contribution in [0.4, 0.5) is 0 Å². The summed E-state index contributed by atoms with van der Waals surface area (Å²) >= 11 is 1.44. The van der Waals surface area contributed by atoms with Crippen LogP contribution in [-0.4, -0.2) is 4.98 Å². The highest BCUT2D eigenvalue weighted by Crippen LogP contribution is 2.13. The minimum Gasteiger partial charge on any atom is -0.274 e. The van der Waals surface area contributed by atoms with Crippen LogP contribution in [0.5, 0.6) is 0 Å². The molecule has 2 nitrogen and oxygen atoms in total. The first kappa shape index (κ1) is 8.13. The van der Waals surface area contributed by atoms with Gasteiger partial charge in [-0.25, -0.2) is 0 Å². The van der Waals surface area contributed by atoms with Crippen molar-refractivity contribution in [3.05, 3.63) is 46.6 Å². The van der Waals surface area contributed by atoms with E-state index in [1.54, 1.807) is 0 Å². The molecule has 0 spiro atoms. The molecule has 1 aromatic carbocycles. The summed E-state index contributed by atoms with van der Waals surface area (Å²) in [5.41, 5.74) is 2.03. The zero-order valence-electron chi connectivity index (χ0n) is 6.97. The van der Waals surface area contributed by atoms with Gasteiger partial charge in [-0.3, -0.25) is 5.41 Å². The van der Waals surface area contributed by atoms with Gasteiger partial charge in [-0.05, 0) is 4.98 Å². The Morgan fingerprint density at radius 2 is 1.85 bits per heavy atom. The van der Waals surface area contributed by atoms with E-state index < -0.39 is 0 Å². The highest BCUT2D eigenvalue weighted by atomic mass is 32.1. The topological polar surface area (TPSA) is 38.5 Å². The van der Waals surface area contributed by atoms with Crippen molar-refractivity contribution in [2.24, 2.45) is 0 Å². The Balaban J connectivity index is 2.54. The molecule has 0 bridgehead atoms. The molecule has 13 heavy (non-hydrogen) atoms. The largest absolute Gasteiger partial charge is 0.373 e. The summed E-state index contributed by atoms with van der Waals surface area (Å²) in [5, 5.41) is 7.55. The highest BCUT2D eigenvalue weighted by molar-refractivity contribution is 7.06. The number of benzene rings is 1. The van der Waals surface area contributed by atoms with E-state index in [0.717, 1.165) is 11.3 Å². The highest BCUT2D eigenvalue weighted by Gasteiger charge is 2.02. The summed E-state index contributed by atoms with van der Waals surface area (Å²) in [7, 11) is 0. The average Bonchev–Trinajstić information content (AvgIpc) is 2.19. The Bertz CT molecular complexity index is 448. The molecule has 64 valence electrons. The molecule has 0 unspecified atom stereocenters. The predicted octanol–water partition coefficient (Wildman–Crippen LogP) is 0.470. The SMILES string of the molecule is [NH2+]=c1nc(-c2ccccc2)ccs1. The van der Waals surface area contributed by atoms with Gasteiger partial charge in [-0.1, -0.05) is 41.7 Å². The minimum absolute atomic E-state index is 0.598. The maximum Gasteiger partial charge on any atom is 0.373 e. The maximum atomic E-state index is 5.60. The van der Waals surface area contributed by atoms with Crippen molar-refractivity contribution in [3.8, 4) is 11.3 Å². The Kier molecular flexibility index (Phi) is 2.19. The zero-order valence-corrected chi connectivity index (χ0v) is 7.79. The normalized spacial score (nSPS) is 9.85. The van der Waals surface area contributed by atoms with Crippen molar-refractivity contribution in [1.29, 1.82) is 0 Å². The quantitative estimate of drug-likeness (QED) is 0.696. The molecule has 0 fully saturated rings. The van der Waals surface area contributed by atoms with E-state index in [4.69, 9.17) is 5.41 Å². The first-order chi connectivity index (χ1) is 6.36. The molecule has 0 amide bonds. The fourth-order valence-electron chi connectivity index (χ4n) is 1.12. The standard InChI is InChI=1S/C10H8N2S/c11-10-12-9(6-7-13-10)8-4-2-1-3-5-8/h1-7,11H/p+1. The molecule has 0 aliphatic carbocycles. The molecule has 0 aliphatic rings. The van der Waals surface area contributed by atoms with Crippen molar-refractivity contribution >= 4 is 11.3 Å². The fraction of sp³-hybridized carbons (Fsp3) is 0. The summed E-state index contributed by atoms with van der Waals surface area (Å²) in [6.07, 6.45) is 0. The van der Waals surface area contributed by atoms with Gasteiger partial charge in [-0.15, -0.1) is 0 Å². The van der Waals surface area contributed by atoms with Gasteiger partial charge >= 0.3 is 4.80 Å². The second kappa shape index (κ2) is 3.49. The lowest BCUT2D eigenvalue weighted by molar-refractivity contribution is -0.172. The molecular formula is C10H9N2S+.